The lowest BCUT2D eigenvalue weighted by atomic mass is 9.82. The van der Waals surface area contributed by atoms with Gasteiger partial charge < -0.3 is 10.0 Å². The van der Waals surface area contributed by atoms with Gasteiger partial charge >= 0.3 is 5.97 Å². The first kappa shape index (κ1) is 13.5. The number of carbonyl (C=O) groups excluding carboxylic acids is 1. The molecule has 0 bridgehead atoms. The van der Waals surface area contributed by atoms with E-state index in [9.17, 15) is 9.59 Å². The van der Waals surface area contributed by atoms with Gasteiger partial charge in [0.1, 0.15) is 0 Å². The smallest absolute Gasteiger partial charge is 0.338 e. The summed E-state index contributed by atoms with van der Waals surface area (Å²) in [6.07, 6.45) is 4.55. The van der Waals surface area contributed by atoms with E-state index < -0.39 is 5.97 Å². The SMILES string of the molecule is CC1(C)CCN(C(=O)c2ccncc2C(=O)O)CC1. The largest absolute Gasteiger partial charge is 0.478 e. The van der Waals surface area contributed by atoms with E-state index in [1.807, 2.05) is 0 Å². The fourth-order valence-electron chi connectivity index (χ4n) is 2.24. The van der Waals surface area contributed by atoms with E-state index in [0.717, 1.165) is 12.8 Å². The maximum absolute atomic E-state index is 12.4. The molecule has 1 aromatic rings. The first-order chi connectivity index (χ1) is 8.91. The number of hydrogen-bond donors (Lipinski definition) is 1. The quantitative estimate of drug-likeness (QED) is 0.885. The number of piperidine rings is 1. The van der Waals surface area contributed by atoms with Crippen LogP contribution < -0.4 is 0 Å². The number of aromatic carboxylic acids is 1. The Morgan fingerprint density at radius 3 is 2.47 bits per heavy atom. The van der Waals surface area contributed by atoms with E-state index in [2.05, 4.69) is 18.8 Å². The summed E-state index contributed by atoms with van der Waals surface area (Å²) in [5.74, 6) is -1.33. The molecule has 0 spiro atoms. The molecule has 1 saturated heterocycles. The zero-order valence-corrected chi connectivity index (χ0v) is 11.2. The van der Waals surface area contributed by atoms with Crippen molar-refractivity contribution in [2.75, 3.05) is 13.1 Å². The number of pyridine rings is 1. The molecule has 2 rings (SSSR count). The summed E-state index contributed by atoms with van der Waals surface area (Å²) in [6.45, 7) is 5.72. The number of aromatic nitrogens is 1. The minimum Gasteiger partial charge on any atom is -0.478 e. The van der Waals surface area contributed by atoms with Gasteiger partial charge in [0.2, 0.25) is 0 Å². The highest BCUT2D eigenvalue weighted by Crippen LogP contribution is 2.30. The van der Waals surface area contributed by atoms with Gasteiger partial charge in [0, 0.05) is 25.5 Å². The molecule has 0 aliphatic carbocycles. The van der Waals surface area contributed by atoms with Gasteiger partial charge in [-0.3, -0.25) is 9.78 Å². The van der Waals surface area contributed by atoms with Crippen LogP contribution in [-0.4, -0.2) is 40.0 Å². The Bertz CT molecular complexity index is 501. The normalized spacial score (nSPS) is 18.1. The van der Waals surface area contributed by atoms with Crippen molar-refractivity contribution in [2.45, 2.75) is 26.7 Å². The molecule has 5 nitrogen and oxygen atoms in total. The van der Waals surface area contributed by atoms with E-state index >= 15 is 0 Å². The van der Waals surface area contributed by atoms with Crippen molar-refractivity contribution in [3.8, 4) is 0 Å². The summed E-state index contributed by atoms with van der Waals surface area (Å²) in [5.41, 5.74) is 0.449. The van der Waals surface area contributed by atoms with Crippen molar-refractivity contribution >= 4 is 11.9 Å². The average Bonchev–Trinajstić information content (AvgIpc) is 2.38. The lowest BCUT2D eigenvalue weighted by molar-refractivity contribution is 0.0609. The number of likely N-dealkylation sites (tertiary alicyclic amines) is 1. The maximum atomic E-state index is 12.4. The highest BCUT2D eigenvalue weighted by atomic mass is 16.4. The first-order valence-corrected chi connectivity index (χ1v) is 6.37. The van der Waals surface area contributed by atoms with Crippen LogP contribution in [-0.2, 0) is 0 Å². The summed E-state index contributed by atoms with van der Waals surface area (Å²) in [4.78, 5) is 29.0. The molecule has 0 atom stereocenters. The van der Waals surface area contributed by atoms with Crippen LogP contribution in [0.5, 0.6) is 0 Å². The molecule has 1 aliphatic rings. The molecule has 0 aromatic carbocycles. The molecule has 1 fully saturated rings. The summed E-state index contributed by atoms with van der Waals surface area (Å²) in [7, 11) is 0. The standard InChI is InChI=1S/C14H18N2O3/c1-14(2)4-7-16(8-5-14)12(17)10-3-6-15-9-11(10)13(18)19/h3,6,9H,4-5,7-8H2,1-2H3,(H,18,19). The Kier molecular flexibility index (Phi) is 3.55. The van der Waals surface area contributed by atoms with Gasteiger partial charge in [-0.1, -0.05) is 13.8 Å². The number of carboxylic acid groups (broad SMARTS) is 1. The molecular formula is C14H18N2O3. The monoisotopic (exact) mass is 262 g/mol. The van der Waals surface area contributed by atoms with Crippen LogP contribution in [0.2, 0.25) is 0 Å². The summed E-state index contributed by atoms with van der Waals surface area (Å²) >= 11 is 0. The Hall–Kier alpha value is -1.91. The van der Waals surface area contributed by atoms with Crippen LogP contribution in [0.3, 0.4) is 0 Å². The van der Waals surface area contributed by atoms with Gasteiger partial charge in [-0.15, -0.1) is 0 Å². The third-order valence-electron chi connectivity index (χ3n) is 3.69. The molecule has 0 radical (unpaired) electrons. The Morgan fingerprint density at radius 1 is 1.26 bits per heavy atom. The van der Waals surface area contributed by atoms with E-state index in [1.165, 1.54) is 18.5 Å². The molecular weight excluding hydrogens is 244 g/mol. The highest BCUT2D eigenvalue weighted by molar-refractivity contribution is 6.04. The molecule has 102 valence electrons. The van der Waals surface area contributed by atoms with Crippen molar-refractivity contribution in [1.82, 2.24) is 9.88 Å². The predicted molar refractivity (Wildman–Crippen MR) is 70.1 cm³/mol. The van der Waals surface area contributed by atoms with Gasteiger partial charge in [0.15, 0.2) is 0 Å². The second-order valence-corrected chi connectivity index (χ2v) is 5.68. The van der Waals surface area contributed by atoms with Crippen LogP contribution in [0, 0.1) is 5.41 Å². The number of hydrogen-bond acceptors (Lipinski definition) is 3. The maximum Gasteiger partial charge on any atom is 0.338 e. The lowest BCUT2D eigenvalue weighted by Gasteiger charge is -2.37. The molecule has 1 amide bonds. The van der Waals surface area contributed by atoms with Gasteiger partial charge in [-0.2, -0.15) is 0 Å². The zero-order chi connectivity index (χ0) is 14.0. The molecule has 1 aliphatic heterocycles. The Morgan fingerprint density at radius 2 is 1.89 bits per heavy atom. The van der Waals surface area contributed by atoms with Crippen molar-refractivity contribution in [1.29, 1.82) is 0 Å². The Labute approximate surface area is 112 Å². The van der Waals surface area contributed by atoms with Crippen LogP contribution in [0.25, 0.3) is 0 Å². The number of amides is 1. The van der Waals surface area contributed by atoms with Gasteiger partial charge in [0.25, 0.3) is 5.91 Å². The van der Waals surface area contributed by atoms with Gasteiger partial charge in [0.05, 0.1) is 11.1 Å². The van der Waals surface area contributed by atoms with E-state index in [-0.39, 0.29) is 22.4 Å². The Balaban J connectivity index is 2.19. The average molecular weight is 262 g/mol. The lowest BCUT2D eigenvalue weighted by Crippen LogP contribution is -2.41. The van der Waals surface area contributed by atoms with E-state index in [1.54, 1.807) is 4.90 Å². The molecule has 0 unspecified atom stereocenters. The fourth-order valence-corrected chi connectivity index (χ4v) is 2.24. The molecule has 0 saturated carbocycles. The second kappa shape index (κ2) is 4.99. The number of nitrogens with zero attached hydrogens (tertiary/aromatic N) is 2. The summed E-state index contributed by atoms with van der Waals surface area (Å²) in [5, 5.41) is 9.09. The molecule has 5 heteroatoms. The molecule has 1 aromatic heterocycles. The molecule has 2 heterocycles. The van der Waals surface area contributed by atoms with Crippen LogP contribution in [0.1, 0.15) is 47.4 Å². The van der Waals surface area contributed by atoms with E-state index in [4.69, 9.17) is 5.11 Å². The number of carboxylic acids is 1. The van der Waals surface area contributed by atoms with Crippen molar-refractivity contribution in [3.05, 3.63) is 29.6 Å². The van der Waals surface area contributed by atoms with E-state index in [0.29, 0.717) is 13.1 Å². The number of rotatable bonds is 2. The van der Waals surface area contributed by atoms with Crippen molar-refractivity contribution in [3.63, 3.8) is 0 Å². The third-order valence-corrected chi connectivity index (χ3v) is 3.69. The van der Waals surface area contributed by atoms with Crippen LogP contribution in [0.4, 0.5) is 0 Å². The first-order valence-electron chi connectivity index (χ1n) is 6.37. The van der Waals surface area contributed by atoms with Crippen LogP contribution in [0.15, 0.2) is 18.5 Å². The zero-order valence-electron chi connectivity index (χ0n) is 11.2. The predicted octanol–water partition coefficient (Wildman–Crippen LogP) is 2.04. The summed E-state index contributed by atoms with van der Waals surface area (Å²) < 4.78 is 0. The van der Waals surface area contributed by atoms with Crippen LogP contribution >= 0.6 is 0 Å². The van der Waals surface area contributed by atoms with Crippen molar-refractivity contribution in [2.24, 2.45) is 5.41 Å². The third kappa shape index (κ3) is 2.92. The topological polar surface area (TPSA) is 70.5 Å². The molecule has 1 N–H and O–H groups in total. The minimum absolute atomic E-state index is 0.0302. The van der Waals surface area contributed by atoms with Gasteiger partial charge in [-0.25, -0.2) is 4.79 Å². The second-order valence-electron chi connectivity index (χ2n) is 5.68. The van der Waals surface area contributed by atoms with Gasteiger partial charge in [-0.05, 0) is 24.3 Å². The number of carbonyl (C=O) groups is 2. The minimum atomic E-state index is -1.12. The highest BCUT2D eigenvalue weighted by Gasteiger charge is 2.29. The van der Waals surface area contributed by atoms with Crippen molar-refractivity contribution < 1.29 is 14.7 Å². The summed E-state index contributed by atoms with van der Waals surface area (Å²) in [6, 6.07) is 1.48. The molecule has 19 heavy (non-hydrogen) atoms. The fraction of sp³-hybridized carbons (Fsp3) is 0.500.